The van der Waals surface area contributed by atoms with Gasteiger partial charge in [-0.05, 0) is 12.3 Å². The molecule has 0 aliphatic rings. The molecule has 0 radical (unpaired) electrons. The summed E-state index contributed by atoms with van der Waals surface area (Å²) in [6.07, 6.45) is 1.44. The van der Waals surface area contributed by atoms with Crippen LogP contribution in [0.25, 0.3) is 0 Å². The minimum Gasteiger partial charge on any atom is -0.464 e. The van der Waals surface area contributed by atoms with E-state index in [1.807, 2.05) is 20.8 Å². The molecule has 0 spiro atoms. The van der Waals surface area contributed by atoms with Crippen LogP contribution in [0, 0.1) is 5.92 Å². The van der Waals surface area contributed by atoms with Crippen LogP contribution in [0.1, 0.15) is 43.4 Å². The van der Waals surface area contributed by atoms with Gasteiger partial charge < -0.3 is 10.1 Å². The molecule has 1 N–H and O–H groups in total. The van der Waals surface area contributed by atoms with E-state index in [1.165, 1.54) is 11.8 Å². The number of methoxy groups -OCH3 is 1. The summed E-state index contributed by atoms with van der Waals surface area (Å²) in [5.74, 6) is -0.282. The maximum atomic E-state index is 11.8. The minimum absolute atomic E-state index is 0.0616. The number of hydrogen-bond donors (Lipinski definition) is 1. The van der Waals surface area contributed by atoms with Gasteiger partial charge in [0.1, 0.15) is 6.54 Å². The van der Waals surface area contributed by atoms with Crippen molar-refractivity contribution < 1.29 is 14.3 Å². The second-order valence-corrected chi connectivity index (χ2v) is 4.98. The number of rotatable bonds is 7. The Labute approximate surface area is 118 Å². The Balaban J connectivity index is 2.81. The number of amides is 1. The Morgan fingerprint density at radius 2 is 2.10 bits per heavy atom. The van der Waals surface area contributed by atoms with Gasteiger partial charge in [0.15, 0.2) is 5.69 Å². The predicted molar refractivity (Wildman–Crippen MR) is 73.2 cm³/mol. The van der Waals surface area contributed by atoms with E-state index < -0.39 is 5.97 Å². The van der Waals surface area contributed by atoms with Crippen molar-refractivity contribution in [2.75, 3.05) is 13.7 Å². The molecule has 0 saturated carbocycles. The summed E-state index contributed by atoms with van der Waals surface area (Å²) in [4.78, 5) is 23.4. The fourth-order valence-electron chi connectivity index (χ4n) is 1.71. The maximum Gasteiger partial charge on any atom is 0.360 e. The third kappa shape index (κ3) is 4.32. The number of nitrogens with zero attached hydrogens (tertiary/aromatic N) is 3. The molecule has 0 unspecified atom stereocenters. The molecular formula is C13H22N4O3. The summed E-state index contributed by atoms with van der Waals surface area (Å²) in [7, 11) is 1.30. The van der Waals surface area contributed by atoms with Crippen LogP contribution < -0.4 is 5.32 Å². The van der Waals surface area contributed by atoms with E-state index >= 15 is 0 Å². The first-order valence-corrected chi connectivity index (χ1v) is 6.76. The lowest BCUT2D eigenvalue weighted by Crippen LogP contribution is -2.31. The lowest BCUT2D eigenvalue weighted by Gasteiger charge is -2.09. The highest BCUT2D eigenvalue weighted by Gasteiger charge is 2.20. The van der Waals surface area contributed by atoms with Crippen LogP contribution in [0.4, 0.5) is 0 Å². The van der Waals surface area contributed by atoms with Crippen LogP contribution in [0.5, 0.6) is 0 Å². The first-order valence-electron chi connectivity index (χ1n) is 6.76. The Kier molecular flexibility index (Phi) is 6.14. The van der Waals surface area contributed by atoms with Crippen molar-refractivity contribution in [2.24, 2.45) is 5.92 Å². The Hall–Kier alpha value is -1.92. The van der Waals surface area contributed by atoms with Crippen LogP contribution >= 0.6 is 0 Å². The summed E-state index contributed by atoms with van der Waals surface area (Å²) < 4.78 is 6.13. The number of carbonyl (C=O) groups excluding carboxylic acids is 2. The van der Waals surface area contributed by atoms with Gasteiger partial charge in [-0.25, -0.2) is 9.48 Å². The molecule has 1 aromatic heterocycles. The first-order chi connectivity index (χ1) is 9.49. The first kappa shape index (κ1) is 16.1. The van der Waals surface area contributed by atoms with Crippen molar-refractivity contribution >= 4 is 11.9 Å². The van der Waals surface area contributed by atoms with Gasteiger partial charge in [0.05, 0.1) is 12.8 Å². The summed E-state index contributed by atoms with van der Waals surface area (Å²) in [6, 6.07) is 0. The highest BCUT2D eigenvalue weighted by atomic mass is 16.5. The van der Waals surface area contributed by atoms with Gasteiger partial charge in [0, 0.05) is 6.54 Å². The highest BCUT2D eigenvalue weighted by molar-refractivity contribution is 5.88. The van der Waals surface area contributed by atoms with Crippen LogP contribution in [0.3, 0.4) is 0 Å². The molecule has 0 fully saturated rings. The van der Waals surface area contributed by atoms with Crippen LogP contribution in [0.15, 0.2) is 0 Å². The number of carbonyl (C=O) groups is 2. The average molecular weight is 282 g/mol. The fourth-order valence-corrected chi connectivity index (χ4v) is 1.71. The zero-order chi connectivity index (χ0) is 15.1. The van der Waals surface area contributed by atoms with Crippen molar-refractivity contribution in [3.05, 3.63) is 11.4 Å². The van der Waals surface area contributed by atoms with Gasteiger partial charge in [-0.3, -0.25) is 4.79 Å². The topological polar surface area (TPSA) is 86.1 Å². The van der Waals surface area contributed by atoms with Crippen LogP contribution in [0.2, 0.25) is 0 Å². The number of ether oxygens (including phenoxy) is 1. The largest absolute Gasteiger partial charge is 0.464 e. The molecule has 20 heavy (non-hydrogen) atoms. The third-order valence-electron chi connectivity index (χ3n) is 2.70. The molecule has 1 aromatic rings. The Bertz CT molecular complexity index is 468. The van der Waals surface area contributed by atoms with Gasteiger partial charge >= 0.3 is 5.97 Å². The SMILES string of the molecule is CCCc1c(C(=O)OC)nnn1CC(=O)NCC(C)C. The number of esters is 1. The van der Waals surface area contributed by atoms with E-state index in [4.69, 9.17) is 0 Å². The summed E-state index contributed by atoms with van der Waals surface area (Å²) >= 11 is 0. The van der Waals surface area contributed by atoms with E-state index in [9.17, 15) is 9.59 Å². The maximum absolute atomic E-state index is 11.8. The van der Waals surface area contributed by atoms with Crippen molar-refractivity contribution in [1.29, 1.82) is 0 Å². The summed E-state index contributed by atoms with van der Waals surface area (Å²) in [5, 5.41) is 10.5. The molecule has 0 saturated heterocycles. The summed E-state index contributed by atoms with van der Waals surface area (Å²) in [6.45, 7) is 6.70. The van der Waals surface area contributed by atoms with Crippen LogP contribution in [-0.2, 0) is 22.5 Å². The predicted octanol–water partition coefficient (Wildman–Crippen LogP) is 0.789. The van der Waals surface area contributed by atoms with Crippen LogP contribution in [-0.4, -0.2) is 40.5 Å². The number of hydrogen-bond acceptors (Lipinski definition) is 5. The van der Waals surface area contributed by atoms with Gasteiger partial charge in [0.2, 0.25) is 5.91 Å². The molecule has 0 bridgehead atoms. The van der Waals surface area contributed by atoms with Crippen molar-refractivity contribution in [1.82, 2.24) is 20.3 Å². The van der Waals surface area contributed by atoms with Gasteiger partial charge in [-0.1, -0.05) is 32.4 Å². The van der Waals surface area contributed by atoms with E-state index in [0.29, 0.717) is 24.6 Å². The van der Waals surface area contributed by atoms with E-state index in [2.05, 4.69) is 20.4 Å². The molecule has 1 amide bonds. The average Bonchev–Trinajstić information content (AvgIpc) is 2.79. The Morgan fingerprint density at radius 1 is 1.40 bits per heavy atom. The molecule has 1 rings (SSSR count). The van der Waals surface area contributed by atoms with E-state index in [0.717, 1.165) is 6.42 Å². The molecule has 0 aliphatic heterocycles. The molecule has 0 atom stereocenters. The smallest absolute Gasteiger partial charge is 0.360 e. The van der Waals surface area contributed by atoms with E-state index in [-0.39, 0.29) is 18.1 Å². The lowest BCUT2D eigenvalue weighted by atomic mass is 10.2. The van der Waals surface area contributed by atoms with Crippen molar-refractivity contribution in [3.8, 4) is 0 Å². The molecule has 7 nitrogen and oxygen atoms in total. The third-order valence-corrected chi connectivity index (χ3v) is 2.70. The fraction of sp³-hybridized carbons (Fsp3) is 0.692. The van der Waals surface area contributed by atoms with Crippen molar-refractivity contribution in [2.45, 2.75) is 40.2 Å². The van der Waals surface area contributed by atoms with Gasteiger partial charge in [-0.15, -0.1) is 5.10 Å². The quantitative estimate of drug-likeness (QED) is 0.747. The number of aromatic nitrogens is 3. The molecule has 112 valence electrons. The second kappa shape index (κ2) is 7.62. The van der Waals surface area contributed by atoms with Gasteiger partial charge in [-0.2, -0.15) is 0 Å². The normalized spacial score (nSPS) is 10.7. The summed E-state index contributed by atoms with van der Waals surface area (Å²) in [5.41, 5.74) is 0.824. The minimum atomic E-state index is -0.526. The molecule has 0 aliphatic carbocycles. The molecule has 1 heterocycles. The van der Waals surface area contributed by atoms with Gasteiger partial charge in [0.25, 0.3) is 0 Å². The number of nitrogens with one attached hydrogen (secondary N) is 1. The highest BCUT2D eigenvalue weighted by Crippen LogP contribution is 2.09. The monoisotopic (exact) mass is 282 g/mol. The molecule has 7 heteroatoms. The Morgan fingerprint density at radius 3 is 2.65 bits per heavy atom. The lowest BCUT2D eigenvalue weighted by molar-refractivity contribution is -0.122. The van der Waals surface area contributed by atoms with Crippen molar-refractivity contribution in [3.63, 3.8) is 0 Å². The standard InChI is InChI=1S/C13H22N4O3/c1-5-6-10-12(13(19)20-4)15-16-17(10)8-11(18)14-7-9(2)3/h9H,5-8H2,1-4H3,(H,14,18). The zero-order valence-corrected chi connectivity index (χ0v) is 12.5. The van der Waals surface area contributed by atoms with E-state index in [1.54, 1.807) is 0 Å². The zero-order valence-electron chi connectivity index (χ0n) is 12.5. The second-order valence-electron chi connectivity index (χ2n) is 4.98. The molecular weight excluding hydrogens is 260 g/mol. The molecule has 0 aromatic carbocycles.